The molecule has 1 aromatic carbocycles. The minimum Gasteiger partial charge on any atom is -0.478 e. The molecule has 110 valence electrons. The number of carbonyl (C=O) groups is 2. The molecular weight excluding hydrogens is 339 g/mol. The van der Waals surface area contributed by atoms with Crippen LogP contribution in [0.3, 0.4) is 0 Å². The number of Topliss-reactive ketones (excluding diaryl/α,β-unsaturated/α-hetero) is 1. The molecule has 0 bridgehead atoms. The molecule has 2 aliphatic carbocycles. The molecule has 1 N–H and O–H groups in total. The van der Waals surface area contributed by atoms with E-state index in [9.17, 15) is 19.1 Å². The zero-order valence-electron chi connectivity index (χ0n) is 11.5. The first kappa shape index (κ1) is 14.4. The number of rotatable bonds is 2. The molecule has 0 saturated carbocycles. The fraction of sp³-hybridized carbons (Fsp3) is 0.375. The standard InChI is InChI=1S/C16H14BrFO3/c1-7(19)8-2-3-10-9(4-8)5-11-12(16(20)21)6-13(18)15(17)14(10)11/h6,8H,2-5H2,1H3,(H,20,21). The topological polar surface area (TPSA) is 54.4 Å². The highest BCUT2D eigenvalue weighted by molar-refractivity contribution is 9.10. The van der Waals surface area contributed by atoms with Crippen LogP contribution in [0.2, 0.25) is 0 Å². The van der Waals surface area contributed by atoms with Crippen molar-refractivity contribution < 1.29 is 19.1 Å². The lowest BCUT2D eigenvalue weighted by atomic mass is 9.82. The van der Waals surface area contributed by atoms with Crippen LogP contribution in [0.25, 0.3) is 5.57 Å². The molecule has 0 saturated heterocycles. The summed E-state index contributed by atoms with van der Waals surface area (Å²) in [5.74, 6) is -1.48. The molecule has 3 nitrogen and oxygen atoms in total. The van der Waals surface area contributed by atoms with Crippen LogP contribution in [0.4, 0.5) is 4.39 Å². The number of aromatic carboxylic acids is 1. The van der Waals surface area contributed by atoms with E-state index in [1.54, 1.807) is 6.92 Å². The third-order valence-corrected chi connectivity index (χ3v) is 5.26. The van der Waals surface area contributed by atoms with Gasteiger partial charge in [0.2, 0.25) is 0 Å². The molecule has 0 aliphatic heterocycles. The van der Waals surface area contributed by atoms with Gasteiger partial charge in [0.1, 0.15) is 11.6 Å². The molecule has 1 aromatic rings. The molecule has 0 fully saturated rings. The second-order valence-electron chi connectivity index (χ2n) is 5.69. The Bertz CT molecular complexity index is 706. The Morgan fingerprint density at radius 1 is 1.43 bits per heavy atom. The minimum absolute atomic E-state index is 0.00922. The highest BCUT2D eigenvalue weighted by atomic mass is 79.9. The van der Waals surface area contributed by atoms with Gasteiger partial charge in [-0.05, 0) is 71.3 Å². The number of benzene rings is 1. The Kier molecular flexibility index (Phi) is 3.48. The SMILES string of the molecule is CC(=O)C1CCC2=C(Cc3c(C(=O)O)cc(F)c(Br)c32)C1. The second-order valence-corrected chi connectivity index (χ2v) is 6.48. The zero-order valence-corrected chi connectivity index (χ0v) is 13.1. The largest absolute Gasteiger partial charge is 0.478 e. The Morgan fingerprint density at radius 3 is 2.76 bits per heavy atom. The highest BCUT2D eigenvalue weighted by Gasteiger charge is 2.34. The molecule has 5 heteroatoms. The zero-order chi connectivity index (χ0) is 15.3. The van der Waals surface area contributed by atoms with Crippen molar-refractivity contribution in [1.82, 2.24) is 0 Å². The molecule has 1 atom stereocenters. The maximum absolute atomic E-state index is 14.0. The lowest BCUT2D eigenvalue weighted by Gasteiger charge is -2.22. The molecule has 2 aliphatic rings. The van der Waals surface area contributed by atoms with Gasteiger partial charge in [0.15, 0.2) is 0 Å². The van der Waals surface area contributed by atoms with Gasteiger partial charge in [-0.1, -0.05) is 5.57 Å². The van der Waals surface area contributed by atoms with Gasteiger partial charge in [-0.25, -0.2) is 9.18 Å². The Hall–Kier alpha value is -1.49. The maximum atomic E-state index is 14.0. The van der Waals surface area contributed by atoms with Crippen molar-refractivity contribution >= 4 is 33.3 Å². The lowest BCUT2D eigenvalue weighted by Crippen LogP contribution is -2.15. The molecule has 0 heterocycles. The lowest BCUT2D eigenvalue weighted by molar-refractivity contribution is -0.120. The number of carboxylic acids is 1. The van der Waals surface area contributed by atoms with E-state index in [2.05, 4.69) is 15.9 Å². The van der Waals surface area contributed by atoms with E-state index >= 15 is 0 Å². The monoisotopic (exact) mass is 352 g/mol. The van der Waals surface area contributed by atoms with E-state index in [0.717, 1.165) is 23.6 Å². The number of hydrogen-bond acceptors (Lipinski definition) is 2. The minimum atomic E-state index is -1.11. The third kappa shape index (κ3) is 2.24. The van der Waals surface area contributed by atoms with Gasteiger partial charge in [0.05, 0.1) is 10.0 Å². The summed E-state index contributed by atoms with van der Waals surface area (Å²) < 4.78 is 14.3. The summed E-state index contributed by atoms with van der Waals surface area (Å²) in [6, 6.07) is 1.08. The second kappa shape index (κ2) is 5.05. The van der Waals surface area contributed by atoms with Crippen molar-refractivity contribution in [3.05, 3.63) is 38.6 Å². The summed E-state index contributed by atoms with van der Waals surface area (Å²) in [6.45, 7) is 1.59. The smallest absolute Gasteiger partial charge is 0.336 e. The number of ketones is 1. The first-order chi connectivity index (χ1) is 9.90. The summed E-state index contributed by atoms with van der Waals surface area (Å²) in [5, 5.41) is 9.28. The van der Waals surface area contributed by atoms with Crippen molar-refractivity contribution in [3.8, 4) is 0 Å². The highest BCUT2D eigenvalue weighted by Crippen LogP contribution is 2.47. The first-order valence-corrected chi connectivity index (χ1v) is 7.65. The predicted octanol–water partition coefficient (Wildman–Crippen LogP) is 3.99. The van der Waals surface area contributed by atoms with Gasteiger partial charge in [-0.2, -0.15) is 0 Å². The predicted molar refractivity (Wildman–Crippen MR) is 79.7 cm³/mol. The molecular formula is C16H14BrFO3. The number of hydrogen-bond donors (Lipinski definition) is 1. The van der Waals surface area contributed by atoms with Crippen molar-refractivity contribution in [2.75, 3.05) is 0 Å². The number of carbonyl (C=O) groups excluding carboxylic acids is 1. The van der Waals surface area contributed by atoms with Crippen LogP contribution >= 0.6 is 15.9 Å². The molecule has 0 spiro atoms. The van der Waals surface area contributed by atoms with Gasteiger partial charge >= 0.3 is 5.97 Å². The van der Waals surface area contributed by atoms with Gasteiger partial charge in [-0.15, -0.1) is 0 Å². The number of halogens is 2. The van der Waals surface area contributed by atoms with Gasteiger partial charge in [0, 0.05) is 5.92 Å². The van der Waals surface area contributed by atoms with Crippen LogP contribution < -0.4 is 0 Å². The number of fused-ring (bicyclic) bond motifs is 2. The Labute approximate surface area is 130 Å². The van der Waals surface area contributed by atoms with Crippen molar-refractivity contribution in [2.24, 2.45) is 5.92 Å². The summed E-state index contributed by atoms with van der Waals surface area (Å²) >= 11 is 3.25. The van der Waals surface area contributed by atoms with Crippen molar-refractivity contribution in [3.63, 3.8) is 0 Å². The van der Waals surface area contributed by atoms with E-state index in [1.165, 1.54) is 0 Å². The molecule has 0 aromatic heterocycles. The van der Waals surface area contributed by atoms with E-state index < -0.39 is 11.8 Å². The quantitative estimate of drug-likeness (QED) is 0.875. The van der Waals surface area contributed by atoms with Crippen molar-refractivity contribution in [1.29, 1.82) is 0 Å². The Balaban J connectivity index is 2.11. The van der Waals surface area contributed by atoms with Crippen LogP contribution in [0.15, 0.2) is 16.1 Å². The van der Waals surface area contributed by atoms with E-state index in [1.807, 2.05) is 0 Å². The molecule has 1 unspecified atom stereocenters. The third-order valence-electron chi connectivity index (χ3n) is 4.49. The van der Waals surface area contributed by atoms with Crippen LogP contribution in [-0.2, 0) is 11.2 Å². The summed E-state index contributed by atoms with van der Waals surface area (Å²) in [4.78, 5) is 22.9. The average Bonchev–Trinajstić information content (AvgIpc) is 2.80. The molecule has 21 heavy (non-hydrogen) atoms. The summed E-state index contributed by atoms with van der Waals surface area (Å²) in [7, 11) is 0. The normalized spacial score (nSPS) is 20.2. The van der Waals surface area contributed by atoms with Crippen molar-refractivity contribution in [2.45, 2.75) is 32.6 Å². The summed E-state index contributed by atoms with van der Waals surface area (Å²) in [6.07, 6.45) is 2.62. The maximum Gasteiger partial charge on any atom is 0.336 e. The Morgan fingerprint density at radius 2 is 2.14 bits per heavy atom. The number of carboxylic acid groups (broad SMARTS) is 1. The van der Waals surface area contributed by atoms with Crippen LogP contribution in [0.5, 0.6) is 0 Å². The molecule has 0 amide bonds. The van der Waals surface area contributed by atoms with E-state index in [4.69, 9.17) is 0 Å². The summed E-state index contributed by atoms with van der Waals surface area (Å²) in [5.41, 5.74) is 3.51. The number of allylic oxidation sites excluding steroid dienone is 2. The van der Waals surface area contributed by atoms with Crippen LogP contribution in [0, 0.1) is 11.7 Å². The molecule has 0 radical (unpaired) electrons. The van der Waals surface area contributed by atoms with E-state index in [0.29, 0.717) is 34.9 Å². The molecule has 3 rings (SSSR count). The van der Waals surface area contributed by atoms with Crippen LogP contribution in [0.1, 0.15) is 47.7 Å². The van der Waals surface area contributed by atoms with Gasteiger partial charge in [0.25, 0.3) is 0 Å². The van der Waals surface area contributed by atoms with Gasteiger partial charge in [-0.3, -0.25) is 4.79 Å². The fourth-order valence-electron chi connectivity index (χ4n) is 3.41. The first-order valence-electron chi connectivity index (χ1n) is 6.86. The fourth-order valence-corrected chi connectivity index (χ4v) is 4.00. The van der Waals surface area contributed by atoms with E-state index in [-0.39, 0.29) is 17.3 Å². The van der Waals surface area contributed by atoms with Crippen LogP contribution in [-0.4, -0.2) is 16.9 Å². The average molecular weight is 353 g/mol. The van der Waals surface area contributed by atoms with Gasteiger partial charge < -0.3 is 5.11 Å².